The highest BCUT2D eigenvalue weighted by Crippen LogP contribution is 2.44. The monoisotopic (exact) mass is 464 g/mol. The highest BCUT2D eigenvalue weighted by molar-refractivity contribution is 5.86. The summed E-state index contributed by atoms with van der Waals surface area (Å²) in [5, 5.41) is 14.5. The lowest BCUT2D eigenvalue weighted by Crippen LogP contribution is -2.50. The van der Waals surface area contributed by atoms with E-state index in [1.807, 2.05) is 43.3 Å². The van der Waals surface area contributed by atoms with Gasteiger partial charge in [0.1, 0.15) is 12.6 Å². The number of fused-ring (bicyclic) bond motifs is 3. The number of carbonyl (C=O) groups excluding carboxylic acids is 2. The summed E-state index contributed by atoms with van der Waals surface area (Å²) in [4.78, 5) is 36.6. The molecule has 0 heterocycles. The summed E-state index contributed by atoms with van der Waals surface area (Å²) in [7, 11) is 0. The van der Waals surface area contributed by atoms with E-state index in [2.05, 4.69) is 29.3 Å². The maximum Gasteiger partial charge on any atom is 0.407 e. The average Bonchev–Trinajstić information content (AvgIpc) is 3.14. The molecule has 0 bridgehead atoms. The number of carbonyl (C=O) groups is 3. The molecule has 180 valence electrons. The summed E-state index contributed by atoms with van der Waals surface area (Å²) in [5.74, 6) is -1.48. The molecule has 3 N–H and O–H groups in total. The van der Waals surface area contributed by atoms with Gasteiger partial charge in [-0.15, -0.1) is 6.58 Å². The van der Waals surface area contributed by atoms with E-state index < -0.39 is 30.1 Å². The van der Waals surface area contributed by atoms with Gasteiger partial charge in [0.2, 0.25) is 5.91 Å². The molecule has 0 saturated heterocycles. The van der Waals surface area contributed by atoms with Gasteiger partial charge in [0.25, 0.3) is 0 Å². The molecule has 2 atom stereocenters. The van der Waals surface area contributed by atoms with Crippen molar-refractivity contribution >= 4 is 18.0 Å². The number of aliphatic carboxylic acids is 1. The molecule has 1 unspecified atom stereocenters. The number of benzene rings is 2. The van der Waals surface area contributed by atoms with Gasteiger partial charge < -0.3 is 20.5 Å². The lowest BCUT2D eigenvalue weighted by atomic mass is 9.98. The smallest absolute Gasteiger partial charge is 0.407 e. The third-order valence-corrected chi connectivity index (χ3v) is 6.02. The number of ether oxygens (including phenoxy) is 1. The Kier molecular flexibility index (Phi) is 8.85. The number of carboxylic acids is 1. The maximum absolute atomic E-state index is 12.8. The van der Waals surface area contributed by atoms with Crippen molar-refractivity contribution < 1.29 is 24.2 Å². The maximum atomic E-state index is 12.8. The van der Waals surface area contributed by atoms with E-state index in [9.17, 15) is 14.4 Å². The van der Waals surface area contributed by atoms with Crippen LogP contribution in [-0.4, -0.2) is 41.8 Å². The van der Waals surface area contributed by atoms with Crippen LogP contribution >= 0.6 is 0 Å². The summed E-state index contributed by atoms with van der Waals surface area (Å²) in [6.07, 6.45) is 2.94. The highest BCUT2D eigenvalue weighted by Gasteiger charge is 2.30. The number of rotatable bonds is 12. The molecular formula is C27H32N2O5. The first kappa shape index (κ1) is 25.0. The van der Waals surface area contributed by atoms with Crippen molar-refractivity contribution in [2.24, 2.45) is 0 Å². The van der Waals surface area contributed by atoms with Gasteiger partial charge in [-0.2, -0.15) is 0 Å². The van der Waals surface area contributed by atoms with Crippen molar-refractivity contribution in [1.29, 1.82) is 0 Å². The predicted octanol–water partition coefficient (Wildman–Crippen LogP) is 4.62. The van der Waals surface area contributed by atoms with Gasteiger partial charge in [-0.1, -0.05) is 68.0 Å². The van der Waals surface area contributed by atoms with Gasteiger partial charge in [-0.3, -0.25) is 9.59 Å². The van der Waals surface area contributed by atoms with Gasteiger partial charge in [-0.05, 0) is 41.5 Å². The van der Waals surface area contributed by atoms with Crippen LogP contribution in [0.3, 0.4) is 0 Å². The van der Waals surface area contributed by atoms with Crippen LogP contribution in [0.25, 0.3) is 11.1 Å². The number of hydrogen-bond donors (Lipinski definition) is 3. The second-order valence-corrected chi connectivity index (χ2v) is 8.48. The zero-order valence-electron chi connectivity index (χ0n) is 19.5. The van der Waals surface area contributed by atoms with E-state index in [0.29, 0.717) is 19.3 Å². The van der Waals surface area contributed by atoms with Crippen LogP contribution in [0.5, 0.6) is 0 Å². The number of allylic oxidation sites excluding steroid dienone is 1. The SMILES string of the molecule is C=CCCC(NC(=O)OCC1c2ccccc2-c2ccccc21)C(=O)N[C@H](CCC)CC(=O)O. The number of amides is 2. The van der Waals surface area contributed by atoms with Crippen LogP contribution in [0.2, 0.25) is 0 Å². The van der Waals surface area contributed by atoms with Crippen LogP contribution < -0.4 is 10.6 Å². The molecule has 3 rings (SSSR count). The van der Waals surface area contributed by atoms with Crippen LogP contribution in [-0.2, 0) is 14.3 Å². The molecule has 34 heavy (non-hydrogen) atoms. The van der Waals surface area contributed by atoms with Crippen molar-refractivity contribution in [3.8, 4) is 11.1 Å². The fourth-order valence-electron chi connectivity index (χ4n) is 4.42. The first-order chi connectivity index (χ1) is 16.4. The Bertz CT molecular complexity index is 990. The molecule has 7 heteroatoms. The van der Waals surface area contributed by atoms with E-state index >= 15 is 0 Å². The Hall–Kier alpha value is -3.61. The molecule has 0 spiro atoms. The quantitative estimate of drug-likeness (QED) is 0.398. The Balaban J connectivity index is 1.64. The zero-order chi connectivity index (χ0) is 24.5. The molecule has 2 amide bonds. The van der Waals surface area contributed by atoms with Crippen LogP contribution in [0.1, 0.15) is 56.1 Å². The van der Waals surface area contributed by atoms with Gasteiger partial charge >= 0.3 is 12.1 Å². The molecule has 1 aliphatic carbocycles. The molecule has 0 radical (unpaired) electrons. The fourth-order valence-corrected chi connectivity index (χ4v) is 4.42. The molecule has 0 aromatic heterocycles. The Labute approximate surface area is 200 Å². The number of alkyl carbamates (subject to hydrolysis) is 1. The van der Waals surface area contributed by atoms with Gasteiger partial charge in [0, 0.05) is 12.0 Å². The van der Waals surface area contributed by atoms with Gasteiger partial charge in [0.15, 0.2) is 0 Å². The summed E-state index contributed by atoms with van der Waals surface area (Å²) in [5.41, 5.74) is 4.48. The van der Waals surface area contributed by atoms with Crippen molar-refractivity contribution in [3.05, 3.63) is 72.3 Å². The van der Waals surface area contributed by atoms with E-state index in [-0.39, 0.29) is 18.9 Å². The number of carboxylic acid groups (broad SMARTS) is 1. The molecule has 7 nitrogen and oxygen atoms in total. The Morgan fingerprint density at radius 2 is 1.65 bits per heavy atom. The first-order valence-electron chi connectivity index (χ1n) is 11.7. The first-order valence-corrected chi connectivity index (χ1v) is 11.7. The standard InChI is InChI=1S/C27H32N2O5/c1-3-5-15-24(26(32)28-18(10-4-2)16-25(30)31)29-27(33)34-17-23-21-13-8-6-11-19(21)20-12-7-9-14-22(20)23/h3,6-9,11-14,18,23-24H,1,4-5,10,15-17H2,2H3,(H,28,32)(H,29,33)(H,30,31)/t18-,24?/m1/s1. The number of hydrogen-bond acceptors (Lipinski definition) is 4. The Morgan fingerprint density at radius 3 is 2.21 bits per heavy atom. The third kappa shape index (κ3) is 6.25. The molecule has 2 aromatic carbocycles. The molecule has 1 aliphatic rings. The largest absolute Gasteiger partial charge is 0.481 e. The van der Waals surface area contributed by atoms with E-state index in [1.165, 1.54) is 0 Å². The molecule has 0 saturated carbocycles. The third-order valence-electron chi connectivity index (χ3n) is 6.02. The minimum atomic E-state index is -0.981. The topological polar surface area (TPSA) is 105 Å². The summed E-state index contributed by atoms with van der Waals surface area (Å²) in [6, 6.07) is 14.8. The summed E-state index contributed by atoms with van der Waals surface area (Å²) < 4.78 is 5.57. The van der Waals surface area contributed by atoms with Gasteiger partial charge in [-0.25, -0.2) is 4.79 Å². The summed E-state index contributed by atoms with van der Waals surface area (Å²) >= 11 is 0. The lowest BCUT2D eigenvalue weighted by molar-refractivity contribution is -0.137. The van der Waals surface area contributed by atoms with Crippen molar-refractivity contribution in [3.63, 3.8) is 0 Å². The van der Waals surface area contributed by atoms with Crippen molar-refractivity contribution in [2.45, 2.75) is 57.0 Å². The number of nitrogens with one attached hydrogen (secondary N) is 2. The van der Waals surface area contributed by atoms with Crippen LogP contribution in [0.15, 0.2) is 61.2 Å². The summed E-state index contributed by atoms with van der Waals surface area (Å²) in [6.45, 7) is 5.75. The molecule has 0 aliphatic heterocycles. The molecular weight excluding hydrogens is 432 g/mol. The van der Waals surface area contributed by atoms with Crippen LogP contribution in [0, 0.1) is 0 Å². The normalized spacial score (nSPS) is 13.8. The zero-order valence-corrected chi connectivity index (χ0v) is 19.5. The predicted molar refractivity (Wildman–Crippen MR) is 131 cm³/mol. The van der Waals surface area contributed by atoms with E-state index in [4.69, 9.17) is 9.84 Å². The van der Waals surface area contributed by atoms with Gasteiger partial charge in [0.05, 0.1) is 6.42 Å². The fraction of sp³-hybridized carbons (Fsp3) is 0.370. The van der Waals surface area contributed by atoms with Crippen LogP contribution in [0.4, 0.5) is 4.79 Å². The molecule has 2 aromatic rings. The Morgan fingerprint density at radius 1 is 1.03 bits per heavy atom. The second-order valence-electron chi connectivity index (χ2n) is 8.48. The second kappa shape index (κ2) is 12.0. The van der Waals surface area contributed by atoms with Crippen molar-refractivity contribution in [1.82, 2.24) is 10.6 Å². The lowest BCUT2D eigenvalue weighted by Gasteiger charge is -2.22. The average molecular weight is 465 g/mol. The van der Waals surface area contributed by atoms with Crippen molar-refractivity contribution in [2.75, 3.05) is 6.61 Å². The highest BCUT2D eigenvalue weighted by atomic mass is 16.5. The van der Waals surface area contributed by atoms with E-state index in [0.717, 1.165) is 28.7 Å². The molecule has 0 fully saturated rings. The minimum Gasteiger partial charge on any atom is -0.481 e. The van der Waals surface area contributed by atoms with E-state index in [1.54, 1.807) is 6.08 Å². The minimum absolute atomic E-state index is 0.0805.